The lowest BCUT2D eigenvalue weighted by atomic mass is 10.0. The summed E-state index contributed by atoms with van der Waals surface area (Å²) in [4.78, 5) is 14.1. The SMILES string of the molecule is NCc1ccc(C(=O)N2CCCCC2CN)o1. The Bertz CT molecular complexity index is 389. The lowest BCUT2D eigenvalue weighted by molar-refractivity contribution is 0.0589. The Balaban J connectivity index is 2.12. The number of carbonyl (C=O) groups is 1. The van der Waals surface area contributed by atoms with E-state index in [0.29, 0.717) is 24.6 Å². The molecule has 0 radical (unpaired) electrons. The molecule has 1 aliphatic rings. The van der Waals surface area contributed by atoms with Gasteiger partial charge in [-0.15, -0.1) is 0 Å². The van der Waals surface area contributed by atoms with Gasteiger partial charge in [0.2, 0.25) is 0 Å². The zero-order valence-electron chi connectivity index (χ0n) is 9.89. The number of carbonyl (C=O) groups excluding carboxylic acids is 1. The van der Waals surface area contributed by atoms with Gasteiger partial charge in [-0.3, -0.25) is 4.79 Å². The normalized spacial score (nSPS) is 20.6. The van der Waals surface area contributed by atoms with Crippen molar-refractivity contribution in [1.82, 2.24) is 4.90 Å². The van der Waals surface area contributed by atoms with Crippen LogP contribution in [0, 0.1) is 0 Å². The first-order valence-electron chi connectivity index (χ1n) is 6.06. The van der Waals surface area contributed by atoms with E-state index in [1.165, 1.54) is 0 Å². The first kappa shape index (κ1) is 12.1. The Hall–Kier alpha value is -1.33. The van der Waals surface area contributed by atoms with Gasteiger partial charge in [-0.1, -0.05) is 0 Å². The quantitative estimate of drug-likeness (QED) is 0.810. The van der Waals surface area contributed by atoms with Gasteiger partial charge in [0, 0.05) is 19.1 Å². The second-order valence-corrected chi connectivity index (χ2v) is 4.35. The number of nitrogens with zero attached hydrogens (tertiary/aromatic N) is 1. The summed E-state index contributed by atoms with van der Waals surface area (Å²) in [6.07, 6.45) is 3.15. The van der Waals surface area contributed by atoms with Crippen LogP contribution >= 0.6 is 0 Å². The van der Waals surface area contributed by atoms with Crippen LogP contribution in [0.15, 0.2) is 16.5 Å². The standard InChI is InChI=1S/C12H19N3O2/c13-7-9-3-1-2-6-15(9)12(16)11-5-4-10(8-14)17-11/h4-5,9H,1-3,6-8,13-14H2. The molecular formula is C12H19N3O2. The summed E-state index contributed by atoms with van der Waals surface area (Å²) < 4.78 is 5.38. The number of nitrogens with two attached hydrogens (primary N) is 2. The summed E-state index contributed by atoms with van der Waals surface area (Å²) in [6.45, 7) is 1.59. The highest BCUT2D eigenvalue weighted by molar-refractivity contribution is 5.91. The monoisotopic (exact) mass is 237 g/mol. The number of hydrogen-bond acceptors (Lipinski definition) is 4. The molecule has 1 amide bonds. The Morgan fingerprint density at radius 1 is 1.41 bits per heavy atom. The lowest BCUT2D eigenvalue weighted by Crippen LogP contribution is -2.47. The van der Waals surface area contributed by atoms with Crippen LogP contribution in [0.3, 0.4) is 0 Å². The molecule has 0 aromatic carbocycles. The molecule has 0 bridgehead atoms. The number of amides is 1. The van der Waals surface area contributed by atoms with Gasteiger partial charge in [-0.2, -0.15) is 0 Å². The number of furan rings is 1. The molecule has 0 spiro atoms. The molecule has 94 valence electrons. The van der Waals surface area contributed by atoms with E-state index >= 15 is 0 Å². The average Bonchev–Trinajstić information content (AvgIpc) is 2.86. The van der Waals surface area contributed by atoms with E-state index < -0.39 is 0 Å². The Kier molecular flexibility index (Phi) is 3.81. The minimum atomic E-state index is -0.0696. The maximum absolute atomic E-state index is 12.2. The van der Waals surface area contributed by atoms with E-state index in [1.54, 1.807) is 12.1 Å². The van der Waals surface area contributed by atoms with Gasteiger partial charge in [0.05, 0.1) is 6.54 Å². The molecule has 5 nitrogen and oxygen atoms in total. The predicted octanol–water partition coefficient (Wildman–Crippen LogP) is 0.692. The summed E-state index contributed by atoms with van der Waals surface area (Å²) in [5.74, 6) is 0.931. The van der Waals surface area contributed by atoms with Crippen LogP contribution < -0.4 is 11.5 Å². The van der Waals surface area contributed by atoms with Crippen molar-refractivity contribution >= 4 is 5.91 Å². The molecule has 1 atom stereocenters. The highest BCUT2D eigenvalue weighted by Crippen LogP contribution is 2.20. The number of hydrogen-bond donors (Lipinski definition) is 2. The van der Waals surface area contributed by atoms with Crippen molar-refractivity contribution in [2.45, 2.75) is 31.8 Å². The highest BCUT2D eigenvalue weighted by Gasteiger charge is 2.28. The summed E-state index contributed by atoms with van der Waals surface area (Å²) in [7, 11) is 0. The van der Waals surface area contributed by atoms with Crippen molar-refractivity contribution in [2.75, 3.05) is 13.1 Å². The van der Waals surface area contributed by atoms with Gasteiger partial charge in [-0.25, -0.2) is 0 Å². The van der Waals surface area contributed by atoms with Gasteiger partial charge in [-0.05, 0) is 31.4 Å². The lowest BCUT2D eigenvalue weighted by Gasteiger charge is -2.34. The number of likely N-dealkylation sites (tertiary alicyclic amines) is 1. The average molecular weight is 237 g/mol. The molecular weight excluding hydrogens is 218 g/mol. The summed E-state index contributed by atoms with van der Waals surface area (Å²) >= 11 is 0. The third-order valence-corrected chi connectivity index (χ3v) is 3.23. The van der Waals surface area contributed by atoms with Crippen LogP contribution in [0.5, 0.6) is 0 Å². The van der Waals surface area contributed by atoms with Gasteiger partial charge in [0.15, 0.2) is 5.76 Å². The maximum Gasteiger partial charge on any atom is 0.289 e. The first-order valence-corrected chi connectivity index (χ1v) is 6.06. The van der Waals surface area contributed by atoms with Gasteiger partial charge >= 0.3 is 0 Å². The molecule has 17 heavy (non-hydrogen) atoms. The van der Waals surface area contributed by atoms with E-state index in [4.69, 9.17) is 15.9 Å². The molecule has 1 fully saturated rings. The molecule has 1 aromatic heterocycles. The largest absolute Gasteiger partial charge is 0.455 e. The molecule has 1 aromatic rings. The second kappa shape index (κ2) is 5.33. The van der Waals surface area contributed by atoms with Crippen LogP contribution in [0.25, 0.3) is 0 Å². The molecule has 1 aliphatic heterocycles. The molecule has 4 N–H and O–H groups in total. The number of rotatable bonds is 3. The summed E-state index contributed by atoms with van der Waals surface area (Å²) in [5, 5.41) is 0. The minimum absolute atomic E-state index is 0.0696. The topological polar surface area (TPSA) is 85.5 Å². The maximum atomic E-state index is 12.2. The van der Waals surface area contributed by atoms with Crippen molar-refractivity contribution in [1.29, 1.82) is 0 Å². The summed E-state index contributed by atoms with van der Waals surface area (Å²) in [6, 6.07) is 3.57. The molecule has 5 heteroatoms. The summed E-state index contributed by atoms with van der Waals surface area (Å²) in [5.41, 5.74) is 11.2. The molecule has 1 unspecified atom stereocenters. The zero-order valence-corrected chi connectivity index (χ0v) is 9.89. The van der Waals surface area contributed by atoms with E-state index in [0.717, 1.165) is 25.8 Å². The third-order valence-electron chi connectivity index (χ3n) is 3.23. The van der Waals surface area contributed by atoms with Crippen LogP contribution in [0.4, 0.5) is 0 Å². The van der Waals surface area contributed by atoms with Crippen LogP contribution in [-0.4, -0.2) is 29.9 Å². The smallest absolute Gasteiger partial charge is 0.289 e. The van der Waals surface area contributed by atoms with Crippen molar-refractivity contribution in [2.24, 2.45) is 11.5 Å². The van der Waals surface area contributed by atoms with Crippen LogP contribution in [0.2, 0.25) is 0 Å². The zero-order chi connectivity index (χ0) is 12.3. The van der Waals surface area contributed by atoms with Crippen LogP contribution in [-0.2, 0) is 6.54 Å². The Labute approximate surface area is 101 Å². The van der Waals surface area contributed by atoms with Crippen LogP contribution in [0.1, 0.15) is 35.6 Å². The molecule has 0 saturated carbocycles. The van der Waals surface area contributed by atoms with Crippen molar-refractivity contribution in [3.8, 4) is 0 Å². The van der Waals surface area contributed by atoms with Crippen molar-refractivity contribution < 1.29 is 9.21 Å². The Morgan fingerprint density at radius 3 is 2.88 bits per heavy atom. The van der Waals surface area contributed by atoms with Crippen molar-refractivity contribution in [3.05, 3.63) is 23.7 Å². The highest BCUT2D eigenvalue weighted by atomic mass is 16.4. The fourth-order valence-corrected chi connectivity index (χ4v) is 2.26. The predicted molar refractivity (Wildman–Crippen MR) is 64.3 cm³/mol. The first-order chi connectivity index (χ1) is 8.26. The van der Waals surface area contributed by atoms with Gasteiger partial charge in [0.25, 0.3) is 5.91 Å². The fraction of sp³-hybridized carbons (Fsp3) is 0.583. The van der Waals surface area contributed by atoms with Crippen molar-refractivity contribution in [3.63, 3.8) is 0 Å². The van der Waals surface area contributed by atoms with E-state index in [1.807, 2.05) is 4.90 Å². The third kappa shape index (κ3) is 2.50. The van der Waals surface area contributed by atoms with Gasteiger partial charge in [0.1, 0.15) is 5.76 Å². The molecule has 0 aliphatic carbocycles. The van der Waals surface area contributed by atoms with Gasteiger partial charge < -0.3 is 20.8 Å². The van der Waals surface area contributed by atoms with E-state index in [2.05, 4.69) is 0 Å². The fourth-order valence-electron chi connectivity index (χ4n) is 2.26. The Morgan fingerprint density at radius 2 is 2.24 bits per heavy atom. The van der Waals surface area contributed by atoms with E-state index in [-0.39, 0.29) is 11.9 Å². The molecule has 1 saturated heterocycles. The molecule has 2 rings (SSSR count). The van der Waals surface area contributed by atoms with E-state index in [9.17, 15) is 4.79 Å². The minimum Gasteiger partial charge on any atom is -0.455 e. The second-order valence-electron chi connectivity index (χ2n) is 4.35. The number of piperidine rings is 1. The molecule has 2 heterocycles.